The molecule has 2 rings (SSSR count). The molecule has 0 aliphatic carbocycles. The van der Waals surface area contributed by atoms with Crippen LogP contribution in [-0.2, 0) is 23.1 Å². The third kappa shape index (κ3) is 4.14. The van der Waals surface area contributed by atoms with Crippen LogP contribution in [0, 0.1) is 6.92 Å². The van der Waals surface area contributed by atoms with Gasteiger partial charge in [-0.15, -0.1) is 0 Å². The first-order valence-corrected chi connectivity index (χ1v) is 8.74. The van der Waals surface area contributed by atoms with Crippen LogP contribution in [0.15, 0.2) is 51.8 Å². The van der Waals surface area contributed by atoms with Crippen LogP contribution >= 0.6 is 15.9 Å². The molecule has 4 nitrogen and oxygen atoms in total. The maximum atomic E-state index is 12.3. The third-order valence-electron chi connectivity index (χ3n) is 3.10. The average molecular weight is 369 g/mol. The Morgan fingerprint density at radius 3 is 2.29 bits per heavy atom. The molecule has 21 heavy (non-hydrogen) atoms. The highest BCUT2D eigenvalue weighted by molar-refractivity contribution is 9.10. The molecule has 0 atom stereocenters. The van der Waals surface area contributed by atoms with Crippen LogP contribution in [0.3, 0.4) is 0 Å². The Balaban J connectivity index is 2.13. The van der Waals surface area contributed by atoms with Gasteiger partial charge in [0.1, 0.15) is 0 Å². The van der Waals surface area contributed by atoms with Gasteiger partial charge in [0, 0.05) is 17.6 Å². The molecule has 0 amide bonds. The third-order valence-corrected chi connectivity index (χ3v) is 5.48. The zero-order valence-corrected chi connectivity index (χ0v) is 14.0. The van der Waals surface area contributed by atoms with Gasteiger partial charge in [-0.25, -0.2) is 13.1 Å². The van der Waals surface area contributed by atoms with Crippen molar-refractivity contribution in [1.82, 2.24) is 4.72 Å². The van der Waals surface area contributed by atoms with Gasteiger partial charge < -0.3 is 5.73 Å². The fourth-order valence-electron chi connectivity index (χ4n) is 1.87. The second kappa shape index (κ2) is 6.70. The Hall–Kier alpha value is -1.21. The van der Waals surface area contributed by atoms with E-state index in [0.29, 0.717) is 11.0 Å². The number of rotatable bonds is 5. The number of nitrogens with two attached hydrogens (primary N) is 1. The Morgan fingerprint density at radius 1 is 1.10 bits per heavy atom. The topological polar surface area (TPSA) is 72.2 Å². The molecule has 2 aromatic rings. The molecule has 6 heteroatoms. The van der Waals surface area contributed by atoms with E-state index in [1.165, 1.54) is 0 Å². The first kappa shape index (κ1) is 16.2. The predicted octanol–water partition coefficient (Wildman–Crippen LogP) is 2.69. The monoisotopic (exact) mass is 368 g/mol. The molecule has 112 valence electrons. The minimum Gasteiger partial charge on any atom is -0.326 e. The van der Waals surface area contributed by atoms with E-state index in [9.17, 15) is 8.42 Å². The van der Waals surface area contributed by atoms with Gasteiger partial charge in [0.2, 0.25) is 10.0 Å². The maximum Gasteiger partial charge on any atom is 0.241 e. The van der Waals surface area contributed by atoms with Crippen LogP contribution in [-0.4, -0.2) is 8.42 Å². The molecule has 0 aliphatic heterocycles. The van der Waals surface area contributed by atoms with E-state index in [2.05, 4.69) is 20.7 Å². The Morgan fingerprint density at radius 2 is 1.71 bits per heavy atom. The number of hydrogen-bond donors (Lipinski definition) is 2. The Kier molecular flexibility index (Phi) is 5.16. The van der Waals surface area contributed by atoms with Crippen molar-refractivity contribution < 1.29 is 8.42 Å². The molecule has 0 saturated carbocycles. The molecule has 0 unspecified atom stereocenters. The summed E-state index contributed by atoms with van der Waals surface area (Å²) >= 11 is 3.29. The first-order chi connectivity index (χ1) is 9.92. The number of nitrogens with one attached hydrogen (secondary N) is 1. The highest BCUT2D eigenvalue weighted by Crippen LogP contribution is 2.23. The van der Waals surface area contributed by atoms with E-state index in [1.54, 1.807) is 18.2 Å². The van der Waals surface area contributed by atoms with Crippen molar-refractivity contribution in [3.63, 3.8) is 0 Å². The molecule has 0 saturated heterocycles. The fraction of sp³-hybridized carbons (Fsp3) is 0.200. The summed E-state index contributed by atoms with van der Waals surface area (Å²) in [5.41, 5.74) is 8.43. The highest BCUT2D eigenvalue weighted by Gasteiger charge is 2.17. The second-order valence-corrected chi connectivity index (χ2v) is 7.37. The van der Waals surface area contributed by atoms with Crippen LogP contribution in [0.4, 0.5) is 0 Å². The largest absolute Gasteiger partial charge is 0.326 e. The van der Waals surface area contributed by atoms with Crippen LogP contribution in [0.5, 0.6) is 0 Å². The highest BCUT2D eigenvalue weighted by atomic mass is 79.9. The minimum atomic E-state index is -3.54. The fourth-order valence-corrected chi connectivity index (χ4v) is 4.08. The van der Waals surface area contributed by atoms with Gasteiger partial charge in [-0.05, 0) is 51.7 Å². The molecule has 0 radical (unpaired) electrons. The van der Waals surface area contributed by atoms with Crippen molar-refractivity contribution in [3.8, 4) is 0 Å². The van der Waals surface area contributed by atoms with Crippen molar-refractivity contribution in [2.45, 2.75) is 24.9 Å². The van der Waals surface area contributed by atoms with E-state index in [1.807, 2.05) is 31.2 Å². The molecular formula is C15H17BrN2O2S. The molecular weight excluding hydrogens is 352 g/mol. The molecule has 0 aromatic heterocycles. The molecule has 2 aromatic carbocycles. The van der Waals surface area contributed by atoms with E-state index in [0.717, 1.165) is 16.7 Å². The maximum absolute atomic E-state index is 12.3. The van der Waals surface area contributed by atoms with Crippen LogP contribution < -0.4 is 10.5 Å². The number of aryl methyl sites for hydroxylation is 1. The SMILES string of the molecule is Cc1ccc(S(=O)(=O)NCc2ccc(CN)cc2)c(Br)c1. The smallest absolute Gasteiger partial charge is 0.241 e. The normalized spacial score (nSPS) is 11.6. The van der Waals surface area contributed by atoms with Gasteiger partial charge in [-0.3, -0.25) is 0 Å². The van der Waals surface area contributed by atoms with E-state index in [-0.39, 0.29) is 11.4 Å². The van der Waals surface area contributed by atoms with Crippen molar-refractivity contribution >= 4 is 26.0 Å². The number of hydrogen-bond acceptors (Lipinski definition) is 3. The van der Waals surface area contributed by atoms with E-state index >= 15 is 0 Å². The summed E-state index contributed by atoms with van der Waals surface area (Å²) in [5, 5.41) is 0. The van der Waals surface area contributed by atoms with Crippen LogP contribution in [0.25, 0.3) is 0 Å². The Labute approximate surface area is 133 Å². The molecule has 0 aliphatic rings. The first-order valence-electron chi connectivity index (χ1n) is 6.46. The van der Waals surface area contributed by atoms with Crippen molar-refractivity contribution in [2.24, 2.45) is 5.73 Å². The quantitative estimate of drug-likeness (QED) is 0.851. The van der Waals surface area contributed by atoms with Gasteiger partial charge in [0.15, 0.2) is 0 Å². The molecule has 3 N–H and O–H groups in total. The summed E-state index contributed by atoms with van der Waals surface area (Å²) in [6.45, 7) is 2.63. The molecule has 0 spiro atoms. The molecule has 0 fully saturated rings. The van der Waals surface area contributed by atoms with Crippen molar-refractivity contribution in [3.05, 3.63) is 63.6 Å². The number of benzene rings is 2. The predicted molar refractivity (Wildman–Crippen MR) is 87.2 cm³/mol. The number of halogens is 1. The summed E-state index contributed by atoms with van der Waals surface area (Å²) in [5.74, 6) is 0. The lowest BCUT2D eigenvalue weighted by molar-refractivity contribution is 0.581. The van der Waals surface area contributed by atoms with Crippen molar-refractivity contribution in [1.29, 1.82) is 0 Å². The van der Waals surface area contributed by atoms with Gasteiger partial charge in [0.05, 0.1) is 4.90 Å². The molecule has 0 bridgehead atoms. The van der Waals surface area contributed by atoms with Crippen molar-refractivity contribution in [2.75, 3.05) is 0 Å². The average Bonchev–Trinajstić information content (AvgIpc) is 2.45. The number of sulfonamides is 1. The zero-order valence-electron chi connectivity index (χ0n) is 11.6. The van der Waals surface area contributed by atoms with Gasteiger partial charge >= 0.3 is 0 Å². The van der Waals surface area contributed by atoms with E-state index in [4.69, 9.17) is 5.73 Å². The zero-order chi connectivity index (χ0) is 15.5. The summed E-state index contributed by atoms with van der Waals surface area (Å²) in [6.07, 6.45) is 0. The second-order valence-electron chi connectivity index (χ2n) is 4.78. The summed E-state index contributed by atoms with van der Waals surface area (Å²) in [4.78, 5) is 0.242. The lowest BCUT2D eigenvalue weighted by atomic mass is 10.1. The standard InChI is InChI=1S/C15H17BrN2O2S/c1-11-2-7-15(14(16)8-11)21(19,20)18-10-13-5-3-12(9-17)4-6-13/h2-8,18H,9-10,17H2,1H3. The summed E-state index contributed by atoms with van der Waals surface area (Å²) < 4.78 is 27.8. The molecule has 0 heterocycles. The summed E-state index contributed by atoms with van der Waals surface area (Å²) in [6, 6.07) is 12.7. The Bertz CT molecular complexity index is 728. The van der Waals surface area contributed by atoms with Gasteiger partial charge in [-0.1, -0.05) is 30.3 Å². The lowest BCUT2D eigenvalue weighted by Crippen LogP contribution is -2.23. The lowest BCUT2D eigenvalue weighted by Gasteiger charge is -2.09. The van der Waals surface area contributed by atoms with Gasteiger partial charge in [-0.2, -0.15) is 0 Å². The van der Waals surface area contributed by atoms with E-state index < -0.39 is 10.0 Å². The minimum absolute atomic E-state index is 0.242. The summed E-state index contributed by atoms with van der Waals surface area (Å²) in [7, 11) is -3.54. The van der Waals surface area contributed by atoms with Gasteiger partial charge in [0.25, 0.3) is 0 Å². The van der Waals surface area contributed by atoms with Crippen LogP contribution in [0.2, 0.25) is 0 Å². The van der Waals surface area contributed by atoms with Crippen LogP contribution in [0.1, 0.15) is 16.7 Å².